The third kappa shape index (κ3) is 2.97. The highest BCUT2D eigenvalue weighted by Crippen LogP contribution is 2.19. The maximum absolute atomic E-state index is 13.1. The molecule has 0 saturated carbocycles. The molecule has 2 aromatic carbocycles. The number of nitrogens with zero attached hydrogens (tertiary/aromatic N) is 1. The average Bonchev–Trinajstić information content (AvgIpc) is 2.27. The molecule has 18 heavy (non-hydrogen) atoms. The Hall–Kier alpha value is -2.10. The van der Waals surface area contributed by atoms with Gasteiger partial charge in [0.15, 0.2) is 0 Å². The number of anilines is 1. The lowest BCUT2D eigenvalue weighted by Gasteiger charge is -2.19. The fraction of sp³-hybridized carbons (Fsp3) is 0.143. The van der Waals surface area contributed by atoms with Crippen LogP contribution in [0, 0.1) is 11.6 Å². The van der Waals surface area contributed by atoms with Gasteiger partial charge in [-0.2, -0.15) is 0 Å². The lowest BCUT2D eigenvalue weighted by atomic mass is 10.2. The largest absolute Gasteiger partial charge is 0.508 e. The van der Waals surface area contributed by atoms with Crippen LogP contribution in [0.3, 0.4) is 0 Å². The van der Waals surface area contributed by atoms with E-state index < -0.39 is 5.82 Å². The quantitative estimate of drug-likeness (QED) is 0.902. The number of aromatic hydroxyl groups is 1. The van der Waals surface area contributed by atoms with E-state index in [2.05, 4.69) is 0 Å². The first kappa shape index (κ1) is 12.4. The van der Waals surface area contributed by atoms with Gasteiger partial charge in [-0.25, -0.2) is 8.78 Å². The Bertz CT molecular complexity index is 537. The van der Waals surface area contributed by atoms with E-state index in [1.807, 2.05) is 0 Å². The Balaban J connectivity index is 2.18. The minimum Gasteiger partial charge on any atom is -0.508 e. The molecule has 1 N–H and O–H groups in total. The van der Waals surface area contributed by atoms with Crippen LogP contribution in [0.5, 0.6) is 5.75 Å². The van der Waals surface area contributed by atoms with Gasteiger partial charge in [-0.3, -0.25) is 0 Å². The normalized spacial score (nSPS) is 10.4. The standard InChI is InChI=1S/C14H13F2NO/c1-17(13-4-2-3-11(15)7-13)9-10-5-12(16)8-14(18)6-10/h2-8,18H,9H2,1H3. The molecular weight excluding hydrogens is 236 g/mol. The minimum absolute atomic E-state index is 0.113. The summed E-state index contributed by atoms with van der Waals surface area (Å²) in [4.78, 5) is 1.78. The summed E-state index contributed by atoms with van der Waals surface area (Å²) in [7, 11) is 1.77. The number of hydrogen-bond acceptors (Lipinski definition) is 2. The fourth-order valence-corrected chi connectivity index (χ4v) is 1.80. The predicted octanol–water partition coefficient (Wildman–Crippen LogP) is 3.31. The van der Waals surface area contributed by atoms with Crippen molar-refractivity contribution in [2.45, 2.75) is 6.54 Å². The predicted molar refractivity (Wildman–Crippen MR) is 66.6 cm³/mol. The van der Waals surface area contributed by atoms with Crippen molar-refractivity contribution in [3.05, 3.63) is 59.7 Å². The summed E-state index contributed by atoms with van der Waals surface area (Å²) in [5, 5.41) is 9.30. The number of benzene rings is 2. The summed E-state index contributed by atoms with van der Waals surface area (Å²) < 4.78 is 26.2. The van der Waals surface area contributed by atoms with Crippen molar-refractivity contribution in [2.24, 2.45) is 0 Å². The molecule has 94 valence electrons. The first-order valence-electron chi connectivity index (χ1n) is 5.50. The second kappa shape index (κ2) is 5.04. The van der Waals surface area contributed by atoms with Crippen molar-refractivity contribution in [1.82, 2.24) is 0 Å². The van der Waals surface area contributed by atoms with Crippen LogP contribution in [0.2, 0.25) is 0 Å². The highest BCUT2D eigenvalue weighted by molar-refractivity contribution is 5.46. The van der Waals surface area contributed by atoms with Gasteiger partial charge in [-0.15, -0.1) is 0 Å². The van der Waals surface area contributed by atoms with Gasteiger partial charge in [0.1, 0.15) is 17.4 Å². The summed E-state index contributed by atoms with van der Waals surface area (Å²) in [6.45, 7) is 0.384. The summed E-state index contributed by atoms with van der Waals surface area (Å²) in [5.74, 6) is -0.920. The second-order valence-corrected chi connectivity index (χ2v) is 4.15. The van der Waals surface area contributed by atoms with E-state index in [1.165, 1.54) is 24.3 Å². The highest BCUT2D eigenvalue weighted by Gasteiger charge is 2.05. The third-order valence-corrected chi connectivity index (χ3v) is 2.61. The number of phenols is 1. The molecule has 0 aliphatic rings. The van der Waals surface area contributed by atoms with Gasteiger partial charge < -0.3 is 10.0 Å². The zero-order valence-corrected chi connectivity index (χ0v) is 9.90. The number of phenolic OH excluding ortho intramolecular Hbond substituents is 1. The summed E-state index contributed by atoms with van der Waals surface area (Å²) in [6.07, 6.45) is 0. The van der Waals surface area contributed by atoms with Gasteiger partial charge in [-0.05, 0) is 35.9 Å². The lowest BCUT2D eigenvalue weighted by molar-refractivity contribution is 0.468. The zero-order valence-electron chi connectivity index (χ0n) is 9.90. The van der Waals surface area contributed by atoms with Crippen molar-refractivity contribution in [3.8, 4) is 5.75 Å². The smallest absolute Gasteiger partial charge is 0.127 e. The van der Waals surface area contributed by atoms with Crippen molar-refractivity contribution in [2.75, 3.05) is 11.9 Å². The Morgan fingerprint density at radius 1 is 1.06 bits per heavy atom. The van der Waals surface area contributed by atoms with Gasteiger partial charge in [0.05, 0.1) is 0 Å². The topological polar surface area (TPSA) is 23.5 Å². The molecule has 0 saturated heterocycles. The molecule has 0 spiro atoms. The third-order valence-electron chi connectivity index (χ3n) is 2.61. The molecule has 2 rings (SSSR count). The van der Waals surface area contributed by atoms with Crippen LogP contribution in [0.4, 0.5) is 14.5 Å². The molecule has 0 radical (unpaired) electrons. The molecular formula is C14H13F2NO. The number of hydrogen-bond donors (Lipinski definition) is 1. The molecule has 2 aromatic rings. The van der Waals surface area contributed by atoms with E-state index in [4.69, 9.17) is 0 Å². The maximum atomic E-state index is 13.1. The van der Waals surface area contributed by atoms with Gasteiger partial charge >= 0.3 is 0 Å². The van der Waals surface area contributed by atoms with E-state index in [-0.39, 0.29) is 11.6 Å². The molecule has 0 aliphatic carbocycles. The van der Waals surface area contributed by atoms with E-state index in [0.717, 1.165) is 6.07 Å². The summed E-state index contributed by atoms with van der Waals surface area (Å²) in [5.41, 5.74) is 1.32. The van der Waals surface area contributed by atoms with Crippen LogP contribution in [-0.4, -0.2) is 12.2 Å². The van der Waals surface area contributed by atoms with Crippen molar-refractivity contribution >= 4 is 5.69 Å². The summed E-state index contributed by atoms with van der Waals surface area (Å²) in [6, 6.07) is 10.0. The van der Waals surface area contributed by atoms with Crippen LogP contribution in [0.15, 0.2) is 42.5 Å². The van der Waals surface area contributed by atoms with E-state index in [1.54, 1.807) is 24.1 Å². The van der Waals surface area contributed by atoms with E-state index >= 15 is 0 Å². The van der Waals surface area contributed by atoms with Gasteiger partial charge in [0.2, 0.25) is 0 Å². The second-order valence-electron chi connectivity index (χ2n) is 4.15. The van der Waals surface area contributed by atoms with Gasteiger partial charge in [0, 0.05) is 25.3 Å². The Kier molecular flexibility index (Phi) is 3.46. The molecule has 0 atom stereocenters. The molecule has 0 bridgehead atoms. The maximum Gasteiger partial charge on any atom is 0.127 e. The molecule has 0 heterocycles. The zero-order chi connectivity index (χ0) is 13.1. The van der Waals surface area contributed by atoms with Crippen molar-refractivity contribution in [3.63, 3.8) is 0 Å². The fourth-order valence-electron chi connectivity index (χ4n) is 1.80. The first-order valence-corrected chi connectivity index (χ1v) is 5.50. The Morgan fingerprint density at radius 3 is 2.50 bits per heavy atom. The minimum atomic E-state index is -0.488. The van der Waals surface area contributed by atoms with Crippen LogP contribution in [0.25, 0.3) is 0 Å². The molecule has 2 nitrogen and oxygen atoms in total. The van der Waals surface area contributed by atoms with Crippen LogP contribution < -0.4 is 4.90 Å². The molecule has 0 aromatic heterocycles. The van der Waals surface area contributed by atoms with E-state index in [0.29, 0.717) is 17.8 Å². The molecule has 0 aliphatic heterocycles. The molecule has 4 heteroatoms. The van der Waals surface area contributed by atoms with Gasteiger partial charge in [-0.1, -0.05) is 6.07 Å². The van der Waals surface area contributed by atoms with Crippen molar-refractivity contribution < 1.29 is 13.9 Å². The first-order chi connectivity index (χ1) is 8.54. The highest BCUT2D eigenvalue weighted by atomic mass is 19.1. The Morgan fingerprint density at radius 2 is 1.83 bits per heavy atom. The lowest BCUT2D eigenvalue weighted by Crippen LogP contribution is -2.16. The monoisotopic (exact) mass is 249 g/mol. The number of halogens is 2. The van der Waals surface area contributed by atoms with Crippen LogP contribution in [0.1, 0.15) is 5.56 Å². The molecule has 0 fully saturated rings. The van der Waals surface area contributed by atoms with Crippen molar-refractivity contribution in [1.29, 1.82) is 0 Å². The van der Waals surface area contributed by atoms with E-state index in [9.17, 15) is 13.9 Å². The molecule has 0 amide bonds. The average molecular weight is 249 g/mol. The Labute approximate surface area is 104 Å². The number of rotatable bonds is 3. The van der Waals surface area contributed by atoms with Gasteiger partial charge in [0.25, 0.3) is 0 Å². The molecule has 0 unspecified atom stereocenters. The van der Waals surface area contributed by atoms with Crippen LogP contribution >= 0.6 is 0 Å². The van der Waals surface area contributed by atoms with Crippen LogP contribution in [-0.2, 0) is 6.54 Å². The SMILES string of the molecule is CN(Cc1cc(O)cc(F)c1)c1cccc(F)c1. The summed E-state index contributed by atoms with van der Waals surface area (Å²) >= 11 is 0.